The van der Waals surface area contributed by atoms with Gasteiger partial charge in [0, 0.05) is 5.56 Å². The number of fused-ring (bicyclic) bond motifs is 1. The number of nitrogens with one attached hydrogen (secondary N) is 1. The normalized spacial score (nSPS) is 11.7. The molecule has 0 fully saturated rings. The van der Waals surface area contributed by atoms with Crippen molar-refractivity contribution in [3.05, 3.63) is 73.4 Å². The number of alkyl halides is 3. The van der Waals surface area contributed by atoms with E-state index < -0.39 is 28.6 Å². The molecule has 1 heterocycles. The van der Waals surface area contributed by atoms with Crippen LogP contribution < -0.4 is 11.2 Å². The highest BCUT2D eigenvalue weighted by Gasteiger charge is 2.34. The van der Waals surface area contributed by atoms with E-state index in [0.29, 0.717) is 6.07 Å². The fourth-order valence-electron chi connectivity index (χ4n) is 2.52. The molecule has 1 aromatic heterocycles. The third-order valence-corrected chi connectivity index (χ3v) is 3.92. The number of hydrogen-bond acceptors (Lipinski definition) is 3. The minimum absolute atomic E-state index is 0.00659. The summed E-state index contributed by atoms with van der Waals surface area (Å²) < 4.78 is 40.5. The molecule has 5 nitrogen and oxygen atoms in total. The first-order valence-electron chi connectivity index (χ1n) is 6.84. The zero-order chi connectivity index (χ0) is 18.4. The summed E-state index contributed by atoms with van der Waals surface area (Å²) >= 11 is 6.03. The number of carbonyl (C=O) groups excluding carboxylic acids is 1. The quantitative estimate of drug-likeness (QED) is 0.706. The molecule has 0 atom stereocenters. The Balaban J connectivity index is 2.55. The van der Waals surface area contributed by atoms with Crippen molar-refractivity contribution in [2.24, 2.45) is 0 Å². The third kappa shape index (κ3) is 2.85. The molecule has 0 spiro atoms. The van der Waals surface area contributed by atoms with Crippen molar-refractivity contribution in [1.82, 2.24) is 9.55 Å². The fraction of sp³-hybridized carbons (Fsp3) is 0.0625. The van der Waals surface area contributed by atoms with Crippen LogP contribution in [0.3, 0.4) is 0 Å². The smallest absolute Gasteiger partial charge is 0.298 e. The van der Waals surface area contributed by atoms with Gasteiger partial charge < -0.3 is 0 Å². The molecule has 128 valence electrons. The average molecular weight is 369 g/mol. The molecule has 1 N–H and O–H groups in total. The van der Waals surface area contributed by atoms with Gasteiger partial charge in [-0.25, -0.2) is 4.79 Å². The van der Waals surface area contributed by atoms with E-state index in [2.05, 4.69) is 0 Å². The summed E-state index contributed by atoms with van der Waals surface area (Å²) in [5, 5.41) is -0.138. The lowest BCUT2D eigenvalue weighted by Crippen LogP contribution is -2.30. The van der Waals surface area contributed by atoms with Crippen molar-refractivity contribution in [3.63, 3.8) is 0 Å². The Morgan fingerprint density at radius 1 is 1.12 bits per heavy atom. The van der Waals surface area contributed by atoms with Crippen molar-refractivity contribution >= 4 is 28.8 Å². The van der Waals surface area contributed by atoms with E-state index in [-0.39, 0.29) is 27.9 Å². The Kier molecular flexibility index (Phi) is 4.00. The summed E-state index contributed by atoms with van der Waals surface area (Å²) in [4.78, 5) is 37.2. The van der Waals surface area contributed by atoms with Crippen LogP contribution in [-0.4, -0.2) is 15.8 Å². The van der Waals surface area contributed by atoms with Crippen molar-refractivity contribution in [2.45, 2.75) is 6.18 Å². The minimum Gasteiger partial charge on any atom is -0.298 e. The van der Waals surface area contributed by atoms with Gasteiger partial charge in [-0.2, -0.15) is 13.2 Å². The minimum atomic E-state index is -4.84. The van der Waals surface area contributed by atoms with Gasteiger partial charge in [0.05, 0.1) is 27.2 Å². The topological polar surface area (TPSA) is 71.9 Å². The Bertz CT molecular complexity index is 1120. The maximum atomic E-state index is 13.2. The second kappa shape index (κ2) is 5.89. The van der Waals surface area contributed by atoms with Gasteiger partial charge in [0.25, 0.3) is 5.56 Å². The SMILES string of the molecule is O=Cc1cc2c(=O)[nH]c(=O)n(-c3ccccc3Cl)c2cc1C(F)(F)F. The molecule has 0 aliphatic heterocycles. The van der Waals surface area contributed by atoms with Gasteiger partial charge in [0.2, 0.25) is 0 Å². The van der Waals surface area contributed by atoms with E-state index >= 15 is 0 Å². The molecule has 3 rings (SSSR count). The van der Waals surface area contributed by atoms with Crippen LogP contribution in [-0.2, 0) is 6.18 Å². The first-order chi connectivity index (χ1) is 11.7. The van der Waals surface area contributed by atoms with Crippen molar-refractivity contribution < 1.29 is 18.0 Å². The van der Waals surface area contributed by atoms with Crippen LogP contribution in [0, 0.1) is 0 Å². The standard InChI is InChI=1S/C16H8ClF3N2O3/c17-11-3-1-2-4-12(11)22-13-6-10(16(18,19)20)8(7-23)5-9(13)14(24)21-15(22)25/h1-7H,(H,21,24,25). The van der Waals surface area contributed by atoms with E-state index in [1.807, 2.05) is 4.98 Å². The summed E-state index contributed by atoms with van der Waals surface area (Å²) in [6.07, 6.45) is -4.83. The molecule has 2 aromatic carbocycles. The second-order valence-electron chi connectivity index (χ2n) is 5.12. The van der Waals surface area contributed by atoms with E-state index in [9.17, 15) is 27.6 Å². The number of para-hydroxylation sites is 1. The molecular formula is C16H8ClF3N2O3. The van der Waals surface area contributed by atoms with E-state index in [1.54, 1.807) is 6.07 Å². The molecule has 0 radical (unpaired) electrons. The van der Waals surface area contributed by atoms with Crippen LogP contribution in [0.25, 0.3) is 16.6 Å². The molecule has 0 bridgehead atoms. The number of benzene rings is 2. The van der Waals surface area contributed by atoms with Crippen LogP contribution in [0.1, 0.15) is 15.9 Å². The Labute approximate surface area is 142 Å². The molecule has 3 aromatic rings. The van der Waals surface area contributed by atoms with Gasteiger partial charge in [0.15, 0.2) is 6.29 Å². The average Bonchev–Trinajstić information content (AvgIpc) is 2.54. The number of aromatic nitrogens is 2. The number of hydrogen-bond donors (Lipinski definition) is 1. The van der Waals surface area contributed by atoms with Crippen LogP contribution in [0.4, 0.5) is 13.2 Å². The highest BCUT2D eigenvalue weighted by Crippen LogP contribution is 2.34. The lowest BCUT2D eigenvalue weighted by atomic mass is 10.0. The molecule has 0 saturated carbocycles. The van der Waals surface area contributed by atoms with Gasteiger partial charge in [0.1, 0.15) is 0 Å². The summed E-state index contributed by atoms with van der Waals surface area (Å²) in [5.74, 6) is 0. The van der Waals surface area contributed by atoms with Crippen LogP contribution >= 0.6 is 11.6 Å². The van der Waals surface area contributed by atoms with E-state index in [4.69, 9.17) is 11.6 Å². The van der Waals surface area contributed by atoms with Gasteiger partial charge in [-0.3, -0.25) is 19.1 Å². The maximum Gasteiger partial charge on any atom is 0.417 e. The summed E-state index contributed by atoms with van der Waals surface area (Å²) in [6.45, 7) is 0. The molecule has 0 saturated heterocycles. The predicted molar refractivity (Wildman–Crippen MR) is 85.6 cm³/mol. The zero-order valence-electron chi connectivity index (χ0n) is 12.2. The third-order valence-electron chi connectivity index (χ3n) is 3.60. The number of rotatable bonds is 2. The summed E-state index contributed by atoms with van der Waals surface area (Å²) in [7, 11) is 0. The Morgan fingerprint density at radius 3 is 2.40 bits per heavy atom. The number of carbonyl (C=O) groups is 1. The highest BCUT2D eigenvalue weighted by atomic mass is 35.5. The van der Waals surface area contributed by atoms with Crippen molar-refractivity contribution in [2.75, 3.05) is 0 Å². The number of nitrogens with zero attached hydrogens (tertiary/aromatic N) is 1. The summed E-state index contributed by atoms with van der Waals surface area (Å²) in [6, 6.07) is 7.38. The lowest BCUT2D eigenvalue weighted by molar-refractivity contribution is -0.137. The van der Waals surface area contributed by atoms with Gasteiger partial charge in [-0.15, -0.1) is 0 Å². The Hall–Kier alpha value is -2.87. The summed E-state index contributed by atoms with van der Waals surface area (Å²) in [5.41, 5.74) is -4.00. The van der Waals surface area contributed by atoms with Crippen molar-refractivity contribution in [3.8, 4) is 5.69 Å². The van der Waals surface area contributed by atoms with Crippen LogP contribution in [0.5, 0.6) is 0 Å². The van der Waals surface area contributed by atoms with E-state index in [0.717, 1.165) is 10.6 Å². The van der Waals surface area contributed by atoms with Gasteiger partial charge >= 0.3 is 11.9 Å². The fourth-order valence-corrected chi connectivity index (χ4v) is 2.74. The highest BCUT2D eigenvalue weighted by molar-refractivity contribution is 6.32. The predicted octanol–water partition coefficient (Wildman–Crippen LogP) is 3.16. The first kappa shape index (κ1) is 17.0. The number of H-pyrrole nitrogens is 1. The van der Waals surface area contributed by atoms with Crippen LogP contribution in [0.15, 0.2) is 46.0 Å². The molecule has 9 heteroatoms. The van der Waals surface area contributed by atoms with Gasteiger partial charge in [-0.1, -0.05) is 23.7 Å². The monoisotopic (exact) mass is 368 g/mol. The number of aldehydes is 1. The largest absolute Gasteiger partial charge is 0.417 e. The lowest BCUT2D eigenvalue weighted by Gasteiger charge is -2.15. The molecule has 0 aliphatic rings. The van der Waals surface area contributed by atoms with Gasteiger partial charge in [-0.05, 0) is 24.3 Å². The molecule has 25 heavy (non-hydrogen) atoms. The second-order valence-corrected chi connectivity index (χ2v) is 5.53. The maximum absolute atomic E-state index is 13.2. The molecule has 0 aliphatic carbocycles. The Morgan fingerprint density at radius 2 is 1.80 bits per heavy atom. The molecule has 0 unspecified atom stereocenters. The number of halogens is 4. The van der Waals surface area contributed by atoms with E-state index in [1.165, 1.54) is 18.2 Å². The van der Waals surface area contributed by atoms with Crippen LogP contribution in [0.2, 0.25) is 5.02 Å². The van der Waals surface area contributed by atoms with Crippen molar-refractivity contribution in [1.29, 1.82) is 0 Å². The first-order valence-corrected chi connectivity index (χ1v) is 7.22. The zero-order valence-corrected chi connectivity index (χ0v) is 13.0. The molecular weight excluding hydrogens is 361 g/mol. The number of aromatic amines is 1. The molecule has 0 amide bonds.